The number of benzene rings is 1. The number of para-hydroxylation sites is 1. The van der Waals surface area contributed by atoms with E-state index >= 15 is 0 Å². The smallest absolute Gasteiger partial charge is 0.120 e. The molecule has 0 aromatic heterocycles. The average Bonchev–Trinajstić information content (AvgIpc) is 3.02. The molecule has 3 heteroatoms. The number of hydrogen-bond acceptors (Lipinski definition) is 3. The van der Waals surface area contributed by atoms with Crippen LogP contribution in [-0.2, 0) is 6.54 Å². The van der Waals surface area contributed by atoms with Gasteiger partial charge in [-0.2, -0.15) is 0 Å². The first-order valence-corrected chi connectivity index (χ1v) is 5.34. The van der Waals surface area contributed by atoms with Crippen molar-refractivity contribution in [2.75, 3.05) is 13.2 Å². The Bertz CT molecular complexity index is 334. The lowest BCUT2D eigenvalue weighted by molar-refractivity contribution is 0.207. The Balaban J connectivity index is 1.81. The van der Waals surface area contributed by atoms with Gasteiger partial charge in [0.15, 0.2) is 0 Å². The SMILES string of the molecule is OCC1(CNCc2ccccc2O)CC1. The van der Waals surface area contributed by atoms with Gasteiger partial charge in [0.05, 0.1) is 0 Å². The van der Waals surface area contributed by atoms with Crippen LogP contribution < -0.4 is 5.32 Å². The highest BCUT2D eigenvalue weighted by molar-refractivity contribution is 5.31. The molecule has 0 saturated heterocycles. The Morgan fingerprint density at radius 2 is 2.00 bits per heavy atom. The van der Waals surface area contributed by atoms with Gasteiger partial charge in [0.1, 0.15) is 5.75 Å². The summed E-state index contributed by atoms with van der Waals surface area (Å²) in [6.07, 6.45) is 2.22. The van der Waals surface area contributed by atoms with E-state index in [4.69, 9.17) is 5.11 Å². The van der Waals surface area contributed by atoms with Crippen LogP contribution in [0, 0.1) is 5.41 Å². The minimum Gasteiger partial charge on any atom is -0.508 e. The van der Waals surface area contributed by atoms with Gasteiger partial charge in [0.25, 0.3) is 0 Å². The maximum Gasteiger partial charge on any atom is 0.120 e. The summed E-state index contributed by atoms with van der Waals surface area (Å²) in [5.41, 5.74) is 1.04. The van der Waals surface area contributed by atoms with Crippen LogP contribution in [0.3, 0.4) is 0 Å². The van der Waals surface area contributed by atoms with Crippen LogP contribution in [0.15, 0.2) is 24.3 Å². The molecule has 0 heterocycles. The van der Waals surface area contributed by atoms with E-state index in [1.807, 2.05) is 18.2 Å². The molecule has 0 aliphatic heterocycles. The molecule has 1 aromatic carbocycles. The predicted octanol–water partition coefficient (Wildman–Crippen LogP) is 1.25. The van der Waals surface area contributed by atoms with Gasteiger partial charge in [-0.1, -0.05) is 18.2 Å². The average molecular weight is 207 g/mol. The van der Waals surface area contributed by atoms with E-state index < -0.39 is 0 Å². The summed E-state index contributed by atoms with van der Waals surface area (Å²) in [4.78, 5) is 0. The van der Waals surface area contributed by atoms with Crippen molar-refractivity contribution in [3.05, 3.63) is 29.8 Å². The van der Waals surface area contributed by atoms with E-state index in [0.717, 1.165) is 24.9 Å². The Hall–Kier alpha value is -1.06. The van der Waals surface area contributed by atoms with Crippen molar-refractivity contribution in [3.8, 4) is 5.75 Å². The van der Waals surface area contributed by atoms with Crippen LogP contribution in [0.1, 0.15) is 18.4 Å². The number of rotatable bonds is 5. The number of phenolic OH excluding ortho intramolecular Hbond substituents is 1. The third-order valence-electron chi connectivity index (χ3n) is 3.10. The lowest BCUT2D eigenvalue weighted by atomic mass is 10.1. The van der Waals surface area contributed by atoms with Gasteiger partial charge in [0.2, 0.25) is 0 Å². The van der Waals surface area contributed by atoms with Crippen molar-refractivity contribution in [3.63, 3.8) is 0 Å². The molecule has 0 radical (unpaired) electrons. The van der Waals surface area contributed by atoms with Crippen LogP contribution in [0.2, 0.25) is 0 Å². The van der Waals surface area contributed by atoms with Gasteiger partial charge in [0, 0.05) is 30.7 Å². The fourth-order valence-corrected chi connectivity index (χ4v) is 1.69. The van der Waals surface area contributed by atoms with Crippen molar-refractivity contribution in [1.82, 2.24) is 5.32 Å². The topological polar surface area (TPSA) is 52.5 Å². The molecule has 2 rings (SSSR count). The van der Waals surface area contributed by atoms with E-state index in [2.05, 4.69) is 5.32 Å². The number of hydrogen-bond donors (Lipinski definition) is 3. The Labute approximate surface area is 89.8 Å². The third-order valence-corrected chi connectivity index (χ3v) is 3.10. The molecular formula is C12H17NO2. The predicted molar refractivity (Wildman–Crippen MR) is 58.6 cm³/mol. The second-order valence-electron chi connectivity index (χ2n) is 4.39. The van der Waals surface area contributed by atoms with Gasteiger partial charge in [-0.25, -0.2) is 0 Å². The van der Waals surface area contributed by atoms with Crippen molar-refractivity contribution < 1.29 is 10.2 Å². The molecule has 1 fully saturated rings. The first-order valence-electron chi connectivity index (χ1n) is 5.34. The quantitative estimate of drug-likeness (QED) is 0.681. The maximum absolute atomic E-state index is 9.52. The highest BCUT2D eigenvalue weighted by Crippen LogP contribution is 2.44. The van der Waals surface area contributed by atoms with Crippen LogP contribution in [0.5, 0.6) is 5.75 Å². The number of phenols is 1. The molecule has 3 N–H and O–H groups in total. The van der Waals surface area contributed by atoms with E-state index in [1.54, 1.807) is 6.07 Å². The summed E-state index contributed by atoms with van der Waals surface area (Å²) in [5.74, 6) is 0.332. The standard InChI is InChI=1S/C12H17NO2/c14-9-12(5-6-12)8-13-7-10-3-1-2-4-11(10)15/h1-4,13-15H,5-9H2. The Morgan fingerprint density at radius 1 is 1.27 bits per heavy atom. The second-order valence-corrected chi connectivity index (χ2v) is 4.39. The summed E-state index contributed by atoms with van der Waals surface area (Å²) in [6, 6.07) is 7.32. The molecule has 0 spiro atoms. The molecule has 15 heavy (non-hydrogen) atoms. The van der Waals surface area contributed by atoms with E-state index in [1.165, 1.54) is 0 Å². The number of aliphatic hydroxyl groups is 1. The summed E-state index contributed by atoms with van der Waals surface area (Å²) in [7, 11) is 0. The lowest BCUT2D eigenvalue weighted by Gasteiger charge is -2.13. The lowest BCUT2D eigenvalue weighted by Crippen LogP contribution is -2.26. The zero-order valence-electron chi connectivity index (χ0n) is 8.74. The molecule has 0 atom stereocenters. The molecule has 3 nitrogen and oxygen atoms in total. The van der Waals surface area contributed by atoms with E-state index in [-0.39, 0.29) is 12.0 Å². The van der Waals surface area contributed by atoms with E-state index in [9.17, 15) is 5.11 Å². The first-order chi connectivity index (χ1) is 7.26. The van der Waals surface area contributed by atoms with Gasteiger partial charge < -0.3 is 15.5 Å². The van der Waals surface area contributed by atoms with Crippen molar-refractivity contribution >= 4 is 0 Å². The second kappa shape index (κ2) is 4.21. The maximum atomic E-state index is 9.52. The molecule has 0 amide bonds. The molecule has 1 aromatic rings. The molecule has 1 aliphatic carbocycles. The fraction of sp³-hybridized carbons (Fsp3) is 0.500. The third kappa shape index (κ3) is 2.49. The number of aliphatic hydroxyl groups excluding tert-OH is 1. The van der Waals surface area contributed by atoms with Crippen molar-refractivity contribution in [1.29, 1.82) is 0 Å². The van der Waals surface area contributed by atoms with Crippen molar-refractivity contribution in [2.24, 2.45) is 5.41 Å². The Kier molecular flexibility index (Phi) is 2.93. The molecule has 1 aliphatic rings. The first kappa shape index (κ1) is 10.5. The monoisotopic (exact) mass is 207 g/mol. The summed E-state index contributed by atoms with van der Waals surface area (Å²) < 4.78 is 0. The molecular weight excluding hydrogens is 190 g/mol. The summed E-state index contributed by atoms with van der Waals surface area (Å²) in [5, 5.41) is 21.9. The molecule has 0 bridgehead atoms. The van der Waals surface area contributed by atoms with Crippen molar-refractivity contribution in [2.45, 2.75) is 19.4 Å². The fourth-order valence-electron chi connectivity index (χ4n) is 1.69. The normalized spacial score (nSPS) is 17.7. The van der Waals surface area contributed by atoms with E-state index in [0.29, 0.717) is 12.3 Å². The van der Waals surface area contributed by atoms with Crippen LogP contribution in [-0.4, -0.2) is 23.4 Å². The van der Waals surface area contributed by atoms with Crippen LogP contribution in [0.25, 0.3) is 0 Å². The zero-order chi connectivity index (χ0) is 10.7. The van der Waals surface area contributed by atoms with Crippen LogP contribution in [0.4, 0.5) is 0 Å². The molecule has 0 unspecified atom stereocenters. The minimum absolute atomic E-state index is 0.129. The van der Waals surface area contributed by atoms with Crippen LogP contribution >= 0.6 is 0 Å². The zero-order valence-corrected chi connectivity index (χ0v) is 8.74. The largest absolute Gasteiger partial charge is 0.508 e. The van der Waals surface area contributed by atoms with Gasteiger partial charge in [-0.15, -0.1) is 0 Å². The highest BCUT2D eigenvalue weighted by Gasteiger charge is 2.41. The number of aromatic hydroxyl groups is 1. The summed E-state index contributed by atoms with van der Waals surface area (Å²) >= 11 is 0. The number of nitrogens with one attached hydrogen (secondary N) is 1. The minimum atomic E-state index is 0.129. The molecule has 82 valence electrons. The highest BCUT2D eigenvalue weighted by atomic mass is 16.3. The Morgan fingerprint density at radius 3 is 2.60 bits per heavy atom. The summed E-state index contributed by atoms with van der Waals surface area (Å²) in [6.45, 7) is 1.76. The van der Waals surface area contributed by atoms with Gasteiger partial charge >= 0.3 is 0 Å². The van der Waals surface area contributed by atoms with Gasteiger partial charge in [-0.05, 0) is 18.9 Å². The van der Waals surface area contributed by atoms with Gasteiger partial charge in [-0.3, -0.25) is 0 Å². The molecule has 1 saturated carbocycles.